The number of benzene rings is 2. The molecular weight excluding hydrogens is 374 g/mol. The lowest BCUT2D eigenvalue weighted by Gasteiger charge is -2.34. The first-order chi connectivity index (χ1) is 13.6. The summed E-state index contributed by atoms with van der Waals surface area (Å²) in [7, 11) is 0. The number of hydrogen-bond acceptors (Lipinski definition) is 4. The molecule has 1 saturated heterocycles. The van der Waals surface area contributed by atoms with E-state index in [0.29, 0.717) is 17.3 Å². The van der Waals surface area contributed by atoms with E-state index in [1.165, 1.54) is 5.56 Å². The largest absolute Gasteiger partial charge is 0.379 e. The fourth-order valence-corrected chi connectivity index (χ4v) is 3.58. The average Bonchev–Trinajstić information content (AvgIpc) is 2.71. The van der Waals surface area contributed by atoms with Gasteiger partial charge in [0.2, 0.25) is 5.91 Å². The van der Waals surface area contributed by atoms with E-state index in [0.717, 1.165) is 39.4 Å². The molecule has 2 aromatic carbocycles. The van der Waals surface area contributed by atoms with Gasteiger partial charge >= 0.3 is 0 Å². The summed E-state index contributed by atoms with van der Waals surface area (Å²) >= 11 is 6.18. The third-order valence-electron chi connectivity index (χ3n) is 4.97. The molecule has 150 valence electrons. The molecule has 2 aromatic rings. The molecule has 5 nitrogen and oxygen atoms in total. The molecule has 28 heavy (non-hydrogen) atoms. The van der Waals surface area contributed by atoms with Gasteiger partial charge in [0.25, 0.3) is 0 Å². The molecule has 1 aliphatic heterocycles. The van der Waals surface area contributed by atoms with Gasteiger partial charge in [0.15, 0.2) is 0 Å². The second-order valence-corrected chi connectivity index (χ2v) is 7.59. The molecule has 6 heteroatoms. The van der Waals surface area contributed by atoms with Crippen molar-refractivity contribution in [2.24, 2.45) is 0 Å². The van der Waals surface area contributed by atoms with Gasteiger partial charge in [-0.2, -0.15) is 0 Å². The number of carbonyl (C=O) groups excluding carboxylic acids is 1. The second kappa shape index (κ2) is 10.6. The summed E-state index contributed by atoms with van der Waals surface area (Å²) in [6, 6.07) is 17.8. The molecule has 1 atom stereocenters. The Bertz CT molecular complexity index is 750. The van der Waals surface area contributed by atoms with Crippen molar-refractivity contribution in [1.29, 1.82) is 0 Å². The molecule has 1 aliphatic rings. The molecule has 0 aromatic heterocycles. The highest BCUT2D eigenvalue weighted by molar-refractivity contribution is 6.33. The zero-order valence-electron chi connectivity index (χ0n) is 16.3. The summed E-state index contributed by atoms with van der Waals surface area (Å²) in [5.74, 6) is -0.0575. The van der Waals surface area contributed by atoms with Crippen LogP contribution in [0.3, 0.4) is 0 Å². The van der Waals surface area contributed by atoms with Gasteiger partial charge in [0.05, 0.1) is 30.5 Å². The number of halogens is 1. The quantitative estimate of drug-likeness (QED) is 0.735. The Balaban J connectivity index is 1.65. The minimum Gasteiger partial charge on any atom is -0.379 e. The first-order valence-corrected chi connectivity index (χ1v) is 10.1. The third-order valence-corrected chi connectivity index (χ3v) is 5.30. The number of para-hydroxylation sites is 1. The van der Waals surface area contributed by atoms with Crippen LogP contribution in [0, 0.1) is 0 Å². The molecule has 1 amide bonds. The van der Waals surface area contributed by atoms with Gasteiger partial charge < -0.3 is 10.1 Å². The van der Waals surface area contributed by atoms with E-state index in [4.69, 9.17) is 16.3 Å². The molecule has 1 heterocycles. The first kappa shape index (κ1) is 20.8. The van der Waals surface area contributed by atoms with E-state index in [1.807, 2.05) is 36.4 Å². The van der Waals surface area contributed by atoms with E-state index < -0.39 is 0 Å². The number of ether oxygens (including phenoxy) is 1. The Morgan fingerprint density at radius 3 is 2.54 bits per heavy atom. The van der Waals surface area contributed by atoms with Gasteiger partial charge in [0, 0.05) is 32.2 Å². The van der Waals surface area contributed by atoms with Crippen molar-refractivity contribution >= 4 is 23.2 Å². The van der Waals surface area contributed by atoms with E-state index in [2.05, 4.69) is 34.2 Å². The van der Waals surface area contributed by atoms with Gasteiger partial charge in [-0.1, -0.05) is 54.1 Å². The monoisotopic (exact) mass is 401 g/mol. The predicted octanol–water partition coefficient (Wildman–Crippen LogP) is 3.50. The Hall–Kier alpha value is -1.92. The van der Waals surface area contributed by atoms with Crippen molar-refractivity contribution in [2.75, 3.05) is 44.7 Å². The lowest BCUT2D eigenvalue weighted by Crippen LogP contribution is -2.47. The number of hydrogen-bond donors (Lipinski definition) is 1. The smallest absolute Gasteiger partial charge is 0.238 e. The Morgan fingerprint density at radius 2 is 1.82 bits per heavy atom. The lowest BCUT2D eigenvalue weighted by molar-refractivity contribution is -0.118. The standard InChI is InChI=1S/C22H28ClN3O2/c1-18(15-25-11-13-28-14-12-25)26(16-19-7-3-2-4-8-19)17-22(27)24-21-10-6-5-9-20(21)23/h2-10,18H,11-17H2,1H3,(H,24,27). The van der Waals surface area contributed by atoms with Crippen molar-refractivity contribution in [3.05, 3.63) is 65.2 Å². The van der Waals surface area contributed by atoms with Crippen LogP contribution in [0.4, 0.5) is 5.69 Å². The highest BCUT2D eigenvalue weighted by Gasteiger charge is 2.21. The van der Waals surface area contributed by atoms with Crippen LogP contribution in [-0.4, -0.2) is 61.1 Å². The van der Waals surface area contributed by atoms with Crippen molar-refractivity contribution in [1.82, 2.24) is 9.80 Å². The second-order valence-electron chi connectivity index (χ2n) is 7.18. The van der Waals surface area contributed by atoms with E-state index in [9.17, 15) is 4.79 Å². The topological polar surface area (TPSA) is 44.8 Å². The minimum absolute atomic E-state index is 0.0575. The van der Waals surface area contributed by atoms with Crippen LogP contribution in [0.2, 0.25) is 5.02 Å². The summed E-state index contributed by atoms with van der Waals surface area (Å²) in [5.41, 5.74) is 1.84. The molecule has 1 fully saturated rings. The summed E-state index contributed by atoms with van der Waals surface area (Å²) < 4.78 is 5.45. The molecular formula is C22H28ClN3O2. The van der Waals surface area contributed by atoms with Crippen LogP contribution < -0.4 is 5.32 Å². The molecule has 0 saturated carbocycles. The van der Waals surface area contributed by atoms with Crippen LogP contribution in [0.5, 0.6) is 0 Å². The van der Waals surface area contributed by atoms with Crippen LogP contribution in [0.1, 0.15) is 12.5 Å². The number of rotatable bonds is 8. The van der Waals surface area contributed by atoms with Crippen LogP contribution >= 0.6 is 11.6 Å². The minimum atomic E-state index is -0.0575. The molecule has 1 N–H and O–H groups in total. The third kappa shape index (κ3) is 6.31. The number of carbonyl (C=O) groups is 1. The van der Waals surface area contributed by atoms with Crippen molar-refractivity contribution in [2.45, 2.75) is 19.5 Å². The van der Waals surface area contributed by atoms with Crippen LogP contribution in [0.15, 0.2) is 54.6 Å². The molecule has 0 radical (unpaired) electrons. The Kier molecular flexibility index (Phi) is 7.86. The van der Waals surface area contributed by atoms with Gasteiger partial charge in [-0.15, -0.1) is 0 Å². The SMILES string of the molecule is CC(CN1CCOCC1)N(CC(=O)Nc1ccccc1Cl)Cc1ccccc1. The lowest BCUT2D eigenvalue weighted by atomic mass is 10.1. The number of nitrogens with zero attached hydrogens (tertiary/aromatic N) is 2. The van der Waals surface area contributed by atoms with Crippen molar-refractivity contribution in [3.8, 4) is 0 Å². The zero-order valence-corrected chi connectivity index (χ0v) is 17.1. The highest BCUT2D eigenvalue weighted by atomic mass is 35.5. The normalized spacial score (nSPS) is 16.1. The van der Waals surface area contributed by atoms with Gasteiger partial charge in [-0.3, -0.25) is 14.6 Å². The summed E-state index contributed by atoms with van der Waals surface area (Å²) in [6.07, 6.45) is 0. The van der Waals surface area contributed by atoms with Crippen LogP contribution in [0.25, 0.3) is 0 Å². The number of amides is 1. The molecule has 0 bridgehead atoms. The molecule has 3 rings (SSSR count). The first-order valence-electron chi connectivity index (χ1n) is 9.74. The molecule has 0 aliphatic carbocycles. The maximum absolute atomic E-state index is 12.7. The fourth-order valence-electron chi connectivity index (χ4n) is 3.40. The van der Waals surface area contributed by atoms with Gasteiger partial charge in [-0.05, 0) is 24.6 Å². The number of anilines is 1. The van der Waals surface area contributed by atoms with Crippen molar-refractivity contribution in [3.63, 3.8) is 0 Å². The summed E-state index contributed by atoms with van der Waals surface area (Å²) in [5, 5.41) is 3.49. The molecule has 1 unspecified atom stereocenters. The van der Waals surface area contributed by atoms with Crippen molar-refractivity contribution < 1.29 is 9.53 Å². The molecule has 0 spiro atoms. The number of morpholine rings is 1. The Labute approximate surface area is 172 Å². The highest BCUT2D eigenvalue weighted by Crippen LogP contribution is 2.20. The maximum atomic E-state index is 12.7. The number of nitrogens with one attached hydrogen (secondary N) is 1. The zero-order chi connectivity index (χ0) is 19.8. The summed E-state index contributed by atoms with van der Waals surface area (Å²) in [6.45, 7) is 7.56. The summed E-state index contributed by atoms with van der Waals surface area (Å²) in [4.78, 5) is 17.3. The fraction of sp³-hybridized carbons (Fsp3) is 0.409. The van der Waals surface area contributed by atoms with Gasteiger partial charge in [0.1, 0.15) is 0 Å². The average molecular weight is 402 g/mol. The Morgan fingerprint density at radius 1 is 1.14 bits per heavy atom. The van der Waals surface area contributed by atoms with E-state index in [1.54, 1.807) is 6.07 Å². The van der Waals surface area contributed by atoms with Gasteiger partial charge in [-0.25, -0.2) is 0 Å². The predicted molar refractivity (Wildman–Crippen MR) is 114 cm³/mol. The maximum Gasteiger partial charge on any atom is 0.238 e. The van der Waals surface area contributed by atoms with E-state index in [-0.39, 0.29) is 11.9 Å². The van der Waals surface area contributed by atoms with E-state index >= 15 is 0 Å². The van der Waals surface area contributed by atoms with Crippen LogP contribution in [-0.2, 0) is 16.1 Å².